The number of methoxy groups -OCH3 is 1. The molecule has 0 radical (unpaired) electrons. The number of nitrogen functional groups attached to an aromatic ring is 1. The smallest absolute Gasteiger partial charge is 0.341 e. The third-order valence-corrected chi connectivity index (χ3v) is 8.01. The fourth-order valence-corrected chi connectivity index (χ4v) is 6.45. The molecule has 2 atom stereocenters. The van der Waals surface area contributed by atoms with E-state index in [-0.39, 0.29) is 5.91 Å². The van der Waals surface area contributed by atoms with Gasteiger partial charge < -0.3 is 15.8 Å². The maximum Gasteiger partial charge on any atom is 0.341 e. The third kappa shape index (κ3) is 4.84. The van der Waals surface area contributed by atoms with Crippen molar-refractivity contribution >= 4 is 45.7 Å². The first-order valence-electron chi connectivity index (χ1n) is 10.6. The van der Waals surface area contributed by atoms with E-state index in [1.165, 1.54) is 35.1 Å². The zero-order valence-corrected chi connectivity index (χ0v) is 19.7. The number of amides is 1. The molecule has 1 aliphatic rings. The number of esters is 1. The molecule has 2 unspecified atom stereocenters. The minimum atomic E-state index is -0.499. The molecule has 2 aromatic carbocycles. The van der Waals surface area contributed by atoms with Crippen LogP contribution in [0.15, 0.2) is 59.5 Å². The van der Waals surface area contributed by atoms with Gasteiger partial charge in [0.2, 0.25) is 5.91 Å². The number of hydrogen-bond donors (Lipinski definition) is 2. The second-order valence-electron chi connectivity index (χ2n) is 8.02. The molecule has 1 aliphatic carbocycles. The van der Waals surface area contributed by atoms with Gasteiger partial charge in [0.1, 0.15) is 10.3 Å². The zero-order valence-electron chi connectivity index (χ0n) is 18.1. The lowest BCUT2D eigenvalue weighted by Gasteiger charge is -2.18. The molecular formula is C25H26N2O3S2. The first-order chi connectivity index (χ1) is 15.5. The van der Waals surface area contributed by atoms with E-state index >= 15 is 0 Å². The van der Waals surface area contributed by atoms with Crippen LogP contribution < -0.4 is 11.1 Å². The van der Waals surface area contributed by atoms with Crippen LogP contribution in [0.1, 0.15) is 45.0 Å². The molecule has 0 saturated heterocycles. The van der Waals surface area contributed by atoms with E-state index in [0.717, 1.165) is 35.3 Å². The minimum Gasteiger partial charge on any atom is -0.465 e. The van der Waals surface area contributed by atoms with Crippen LogP contribution in [0, 0.1) is 5.92 Å². The average molecular weight is 467 g/mol. The fraction of sp³-hybridized carbons (Fsp3) is 0.280. The Hall–Kier alpha value is -2.77. The quantitative estimate of drug-likeness (QED) is 0.276. The van der Waals surface area contributed by atoms with Crippen molar-refractivity contribution in [3.05, 3.63) is 76.2 Å². The molecule has 1 amide bonds. The minimum absolute atomic E-state index is 0.180. The number of carbonyl (C=O) groups is 2. The normalized spacial score (nSPS) is 16.1. The van der Waals surface area contributed by atoms with E-state index in [0.29, 0.717) is 22.2 Å². The number of nitrogens with one attached hydrogen (secondary N) is 1. The molecule has 0 bridgehead atoms. The lowest BCUT2D eigenvalue weighted by atomic mass is 9.88. The zero-order chi connectivity index (χ0) is 22.7. The Morgan fingerprint density at radius 3 is 2.69 bits per heavy atom. The van der Waals surface area contributed by atoms with Crippen molar-refractivity contribution in [2.75, 3.05) is 18.2 Å². The molecule has 166 valence electrons. The summed E-state index contributed by atoms with van der Waals surface area (Å²) in [6, 6.07) is 17.1. The highest BCUT2D eigenvalue weighted by Crippen LogP contribution is 2.42. The molecule has 0 fully saturated rings. The van der Waals surface area contributed by atoms with E-state index in [2.05, 4.69) is 12.2 Å². The van der Waals surface area contributed by atoms with E-state index in [1.807, 2.05) is 54.6 Å². The molecule has 3 N–H and O–H groups in total. The number of hydrogen-bond acceptors (Lipinski definition) is 6. The molecule has 1 heterocycles. The summed E-state index contributed by atoms with van der Waals surface area (Å²) in [5, 5.41) is 3.14. The predicted octanol–water partition coefficient (Wildman–Crippen LogP) is 5.71. The van der Waals surface area contributed by atoms with Gasteiger partial charge in [-0.3, -0.25) is 4.79 Å². The van der Waals surface area contributed by atoms with E-state index in [4.69, 9.17) is 10.5 Å². The average Bonchev–Trinajstić information content (AvgIpc) is 3.14. The van der Waals surface area contributed by atoms with Crippen LogP contribution >= 0.6 is 23.1 Å². The van der Waals surface area contributed by atoms with Crippen molar-refractivity contribution in [1.82, 2.24) is 0 Å². The topological polar surface area (TPSA) is 81.4 Å². The van der Waals surface area contributed by atoms with Gasteiger partial charge in [-0.2, -0.15) is 0 Å². The van der Waals surface area contributed by atoms with Crippen molar-refractivity contribution in [3.63, 3.8) is 0 Å². The second-order valence-corrected chi connectivity index (χ2v) is 10.3. The lowest BCUT2D eigenvalue weighted by molar-refractivity contribution is -0.115. The molecule has 0 saturated carbocycles. The van der Waals surface area contributed by atoms with Crippen LogP contribution in [-0.4, -0.2) is 19.0 Å². The summed E-state index contributed by atoms with van der Waals surface area (Å²) in [7, 11) is 1.38. The number of rotatable bonds is 6. The van der Waals surface area contributed by atoms with Crippen molar-refractivity contribution in [2.24, 2.45) is 5.92 Å². The Morgan fingerprint density at radius 1 is 1.19 bits per heavy atom. The number of nitrogens with two attached hydrogens (primary N) is 1. The Bertz CT molecular complexity index is 1130. The summed E-state index contributed by atoms with van der Waals surface area (Å²) in [5.41, 5.74) is 9.01. The first-order valence-corrected chi connectivity index (χ1v) is 12.3. The Balaban J connectivity index is 1.67. The van der Waals surface area contributed by atoms with Gasteiger partial charge in [-0.05, 0) is 54.5 Å². The maximum atomic E-state index is 13.5. The van der Waals surface area contributed by atoms with Crippen LogP contribution in [0.2, 0.25) is 0 Å². The highest BCUT2D eigenvalue weighted by Gasteiger charge is 2.31. The largest absolute Gasteiger partial charge is 0.465 e. The maximum absolute atomic E-state index is 13.5. The Morgan fingerprint density at radius 2 is 1.97 bits per heavy atom. The first kappa shape index (κ1) is 22.4. The van der Waals surface area contributed by atoms with E-state index in [1.54, 1.807) is 0 Å². The van der Waals surface area contributed by atoms with Gasteiger partial charge in [-0.15, -0.1) is 23.1 Å². The van der Waals surface area contributed by atoms with Gasteiger partial charge in [0.25, 0.3) is 0 Å². The number of ether oxygens (including phenoxy) is 1. The fourth-order valence-electron chi connectivity index (χ4n) is 3.96. The molecule has 5 nitrogen and oxygen atoms in total. The number of carbonyl (C=O) groups excluding carboxylic acids is 2. The van der Waals surface area contributed by atoms with E-state index in [9.17, 15) is 9.59 Å². The third-order valence-electron chi connectivity index (χ3n) is 5.59. The van der Waals surface area contributed by atoms with Gasteiger partial charge >= 0.3 is 5.97 Å². The van der Waals surface area contributed by atoms with Gasteiger partial charge in [0.15, 0.2) is 0 Å². The van der Waals surface area contributed by atoms with Crippen molar-refractivity contribution in [1.29, 1.82) is 0 Å². The molecule has 1 aromatic heterocycles. The summed E-state index contributed by atoms with van der Waals surface area (Å²) < 4.78 is 5.06. The van der Waals surface area contributed by atoms with Crippen LogP contribution in [0.5, 0.6) is 0 Å². The summed E-state index contributed by atoms with van der Waals surface area (Å²) in [4.78, 5) is 28.2. The molecule has 3 aromatic rings. The Labute approximate surface area is 196 Å². The number of fused-ring (bicyclic) bond motifs is 1. The van der Waals surface area contributed by atoms with Gasteiger partial charge in [-0.1, -0.05) is 43.3 Å². The van der Waals surface area contributed by atoms with Crippen LogP contribution in [0.3, 0.4) is 0 Å². The second kappa shape index (κ2) is 9.79. The predicted molar refractivity (Wildman–Crippen MR) is 131 cm³/mol. The van der Waals surface area contributed by atoms with Gasteiger partial charge in [-0.25, -0.2) is 4.79 Å². The summed E-state index contributed by atoms with van der Waals surface area (Å²) >= 11 is 2.93. The molecular weight excluding hydrogens is 440 g/mol. The van der Waals surface area contributed by atoms with Crippen LogP contribution in [0.4, 0.5) is 10.7 Å². The summed E-state index contributed by atoms with van der Waals surface area (Å²) in [6.45, 7) is 2.21. The van der Waals surface area contributed by atoms with Crippen LogP contribution in [-0.2, 0) is 22.4 Å². The number of benzene rings is 2. The van der Waals surface area contributed by atoms with Crippen LogP contribution in [0.25, 0.3) is 0 Å². The summed E-state index contributed by atoms with van der Waals surface area (Å²) in [6.07, 6.45) is 2.77. The molecule has 0 aliphatic heterocycles. The monoisotopic (exact) mass is 466 g/mol. The van der Waals surface area contributed by atoms with Crippen molar-refractivity contribution < 1.29 is 14.3 Å². The summed E-state index contributed by atoms with van der Waals surface area (Å²) in [5.74, 6) is -0.0149. The van der Waals surface area contributed by atoms with Crippen molar-refractivity contribution in [3.8, 4) is 0 Å². The Kier molecular flexibility index (Phi) is 6.86. The molecule has 7 heteroatoms. The molecule has 0 spiro atoms. The van der Waals surface area contributed by atoms with Gasteiger partial charge in [0, 0.05) is 15.5 Å². The van der Waals surface area contributed by atoms with Gasteiger partial charge in [0.05, 0.1) is 12.7 Å². The van der Waals surface area contributed by atoms with E-state index < -0.39 is 11.2 Å². The number of anilines is 2. The highest BCUT2D eigenvalue weighted by molar-refractivity contribution is 8.00. The standard InChI is InChI=1S/C25H26N2O3S2/c1-15-11-12-19-20(13-15)32-24(21(19)25(29)30-2)27-23(28)22(16-7-4-3-5-8-16)31-18-10-6-9-17(26)14-18/h3-10,14-15,22H,11-13,26H2,1-2H3,(H,27,28). The molecule has 32 heavy (non-hydrogen) atoms. The van der Waals surface area contributed by atoms with Crippen molar-refractivity contribution in [2.45, 2.75) is 36.3 Å². The number of thioether (sulfide) groups is 1. The molecule has 4 rings (SSSR count). The lowest BCUT2D eigenvalue weighted by Crippen LogP contribution is -2.20. The SMILES string of the molecule is COC(=O)c1c(NC(=O)C(Sc2cccc(N)c2)c2ccccc2)sc2c1CCC(C)C2. The highest BCUT2D eigenvalue weighted by atomic mass is 32.2. The number of thiophene rings is 1.